The lowest BCUT2D eigenvalue weighted by Crippen LogP contribution is -2.44. The molecule has 136 valence electrons. The number of nitrogens with zero attached hydrogens (tertiary/aromatic N) is 2. The maximum Gasteiger partial charge on any atom is 0.324 e. The fourth-order valence-electron chi connectivity index (χ4n) is 3.33. The fourth-order valence-corrected chi connectivity index (χ4v) is 3.33. The number of hydrogen-bond acceptors (Lipinski definition) is 3. The Labute approximate surface area is 154 Å². The van der Waals surface area contributed by atoms with Gasteiger partial charge in [-0.1, -0.05) is 36.4 Å². The molecule has 0 aliphatic carbocycles. The zero-order chi connectivity index (χ0) is 18.7. The van der Waals surface area contributed by atoms with E-state index in [0.29, 0.717) is 18.0 Å². The van der Waals surface area contributed by atoms with Crippen LogP contribution in [0.15, 0.2) is 54.7 Å². The molecule has 0 saturated carbocycles. The van der Waals surface area contributed by atoms with Crippen LogP contribution in [0, 0.1) is 0 Å². The van der Waals surface area contributed by atoms with Crippen LogP contribution in [0.2, 0.25) is 0 Å². The average Bonchev–Trinajstić information content (AvgIpc) is 2.69. The summed E-state index contributed by atoms with van der Waals surface area (Å²) in [6, 6.07) is 15.7. The van der Waals surface area contributed by atoms with Gasteiger partial charge in [0, 0.05) is 25.4 Å². The van der Waals surface area contributed by atoms with Crippen molar-refractivity contribution in [3.05, 3.63) is 65.9 Å². The molecular formula is C21H24N2O3. The van der Waals surface area contributed by atoms with E-state index in [0.717, 1.165) is 16.7 Å². The van der Waals surface area contributed by atoms with Crippen LogP contribution in [0.3, 0.4) is 0 Å². The van der Waals surface area contributed by atoms with Gasteiger partial charge in [0.15, 0.2) is 11.5 Å². The Bertz CT molecular complexity index is 817. The summed E-state index contributed by atoms with van der Waals surface area (Å²) in [5, 5.41) is 0. The third-order valence-electron chi connectivity index (χ3n) is 4.70. The number of urea groups is 1. The minimum absolute atomic E-state index is 0.00872. The molecule has 0 bridgehead atoms. The lowest BCUT2D eigenvalue weighted by atomic mass is 9.91. The van der Waals surface area contributed by atoms with Gasteiger partial charge in [0.1, 0.15) is 0 Å². The molecule has 26 heavy (non-hydrogen) atoms. The summed E-state index contributed by atoms with van der Waals surface area (Å²) < 4.78 is 10.8. The number of benzene rings is 2. The minimum Gasteiger partial charge on any atom is -0.493 e. The lowest BCUT2D eigenvalue weighted by Gasteiger charge is -2.39. The Morgan fingerprint density at radius 3 is 2.31 bits per heavy atom. The zero-order valence-electron chi connectivity index (χ0n) is 15.6. The van der Waals surface area contributed by atoms with E-state index < -0.39 is 0 Å². The molecule has 3 rings (SSSR count). The highest BCUT2D eigenvalue weighted by atomic mass is 16.5. The molecule has 1 aliphatic heterocycles. The largest absolute Gasteiger partial charge is 0.493 e. The summed E-state index contributed by atoms with van der Waals surface area (Å²) in [6.45, 7) is 2.58. The molecule has 5 nitrogen and oxygen atoms in total. The zero-order valence-corrected chi connectivity index (χ0v) is 15.6. The van der Waals surface area contributed by atoms with Gasteiger partial charge in [-0.25, -0.2) is 4.79 Å². The van der Waals surface area contributed by atoms with Crippen LogP contribution in [-0.4, -0.2) is 43.6 Å². The second-order valence-corrected chi connectivity index (χ2v) is 6.15. The quantitative estimate of drug-likeness (QED) is 0.811. The van der Waals surface area contributed by atoms with Gasteiger partial charge in [-0.2, -0.15) is 0 Å². The van der Waals surface area contributed by atoms with Gasteiger partial charge >= 0.3 is 6.03 Å². The minimum atomic E-state index is -0.162. The highest BCUT2D eigenvalue weighted by molar-refractivity contribution is 5.86. The number of carbonyl (C=O) groups excluding carboxylic acids is 1. The van der Waals surface area contributed by atoms with E-state index in [2.05, 4.69) is 0 Å². The first kappa shape index (κ1) is 17.9. The summed E-state index contributed by atoms with van der Waals surface area (Å²) in [5.74, 6) is 1.35. The number of ether oxygens (including phenoxy) is 2. The van der Waals surface area contributed by atoms with Gasteiger partial charge < -0.3 is 19.3 Å². The normalized spacial score (nSPS) is 17.2. The molecule has 1 atom stereocenters. The summed E-state index contributed by atoms with van der Waals surface area (Å²) in [6.07, 6.45) is 1.95. The van der Waals surface area contributed by atoms with Gasteiger partial charge in [-0.05, 0) is 30.2 Å². The third-order valence-corrected chi connectivity index (χ3v) is 4.70. The molecule has 1 aliphatic rings. The molecule has 1 heterocycles. The van der Waals surface area contributed by atoms with Crippen molar-refractivity contribution in [2.75, 3.05) is 27.8 Å². The predicted molar refractivity (Wildman–Crippen MR) is 102 cm³/mol. The molecule has 0 N–H and O–H groups in total. The first-order valence-electron chi connectivity index (χ1n) is 8.63. The Hall–Kier alpha value is -2.95. The molecule has 0 fully saturated rings. The third kappa shape index (κ3) is 3.12. The van der Waals surface area contributed by atoms with E-state index in [1.54, 1.807) is 24.0 Å². The Balaban J connectivity index is 2.15. The summed E-state index contributed by atoms with van der Waals surface area (Å²) >= 11 is 0. The number of amides is 2. The average molecular weight is 352 g/mol. The second kappa shape index (κ2) is 7.52. The van der Waals surface area contributed by atoms with Crippen molar-refractivity contribution in [3.63, 3.8) is 0 Å². The Morgan fingerprint density at radius 2 is 1.69 bits per heavy atom. The number of rotatable bonds is 5. The molecule has 2 amide bonds. The van der Waals surface area contributed by atoms with Crippen LogP contribution in [0.25, 0.3) is 5.57 Å². The number of likely N-dealkylation sites (N-methyl/N-ethyl adjacent to an activating group) is 1. The second-order valence-electron chi connectivity index (χ2n) is 6.15. The van der Waals surface area contributed by atoms with Crippen molar-refractivity contribution >= 4 is 11.6 Å². The van der Waals surface area contributed by atoms with Crippen molar-refractivity contribution in [1.82, 2.24) is 9.80 Å². The smallest absolute Gasteiger partial charge is 0.324 e. The van der Waals surface area contributed by atoms with E-state index >= 15 is 0 Å². The molecule has 0 radical (unpaired) electrons. The SMILES string of the molecule is CCN1C=C(c2ccc(OC)c(OC)c2)C(c2ccccc2)N(C)C1=O. The molecule has 0 spiro atoms. The molecule has 2 aromatic rings. The van der Waals surface area contributed by atoms with E-state index in [9.17, 15) is 4.79 Å². The van der Waals surface area contributed by atoms with Gasteiger partial charge in [-0.3, -0.25) is 0 Å². The van der Waals surface area contributed by atoms with Gasteiger partial charge in [-0.15, -0.1) is 0 Å². The molecule has 1 unspecified atom stereocenters. The fraction of sp³-hybridized carbons (Fsp3) is 0.286. The standard InChI is InChI=1S/C21H24N2O3/c1-5-23-14-17(16-11-12-18(25-3)19(13-16)26-4)20(22(2)21(23)24)15-9-7-6-8-10-15/h6-14,20H,5H2,1-4H3. The Morgan fingerprint density at radius 1 is 1.00 bits per heavy atom. The van der Waals surface area contributed by atoms with Crippen LogP contribution < -0.4 is 9.47 Å². The van der Waals surface area contributed by atoms with Crippen molar-refractivity contribution < 1.29 is 14.3 Å². The first-order valence-corrected chi connectivity index (χ1v) is 8.63. The van der Waals surface area contributed by atoms with Crippen molar-refractivity contribution in [2.24, 2.45) is 0 Å². The van der Waals surface area contributed by atoms with Crippen LogP contribution in [-0.2, 0) is 0 Å². The number of carbonyl (C=O) groups is 1. The predicted octanol–water partition coefficient (Wildman–Crippen LogP) is 4.17. The number of hydrogen-bond donors (Lipinski definition) is 0. The maximum atomic E-state index is 12.7. The molecule has 2 aromatic carbocycles. The van der Waals surface area contributed by atoms with Crippen molar-refractivity contribution in [2.45, 2.75) is 13.0 Å². The first-order chi connectivity index (χ1) is 12.6. The molecule has 0 saturated heterocycles. The Kier molecular flexibility index (Phi) is 5.16. The van der Waals surface area contributed by atoms with E-state index in [1.165, 1.54) is 0 Å². The number of methoxy groups -OCH3 is 2. The molecular weight excluding hydrogens is 328 g/mol. The van der Waals surface area contributed by atoms with Gasteiger partial charge in [0.25, 0.3) is 0 Å². The van der Waals surface area contributed by atoms with Crippen LogP contribution in [0.4, 0.5) is 4.79 Å². The lowest BCUT2D eigenvalue weighted by molar-refractivity contribution is 0.167. The molecule has 0 aromatic heterocycles. The van der Waals surface area contributed by atoms with Crippen LogP contribution >= 0.6 is 0 Å². The van der Waals surface area contributed by atoms with Crippen molar-refractivity contribution in [3.8, 4) is 11.5 Å². The maximum absolute atomic E-state index is 12.7. The summed E-state index contributed by atoms with van der Waals surface area (Å²) in [4.78, 5) is 16.2. The topological polar surface area (TPSA) is 42.0 Å². The summed E-state index contributed by atoms with van der Waals surface area (Å²) in [7, 11) is 5.09. The van der Waals surface area contributed by atoms with Gasteiger partial charge in [0.2, 0.25) is 0 Å². The van der Waals surface area contributed by atoms with E-state index in [1.807, 2.05) is 68.7 Å². The molecule has 5 heteroatoms. The van der Waals surface area contributed by atoms with Gasteiger partial charge in [0.05, 0.1) is 20.3 Å². The van der Waals surface area contributed by atoms with Crippen molar-refractivity contribution in [1.29, 1.82) is 0 Å². The highest BCUT2D eigenvalue weighted by Crippen LogP contribution is 2.40. The van der Waals surface area contributed by atoms with Crippen LogP contribution in [0.5, 0.6) is 11.5 Å². The highest BCUT2D eigenvalue weighted by Gasteiger charge is 2.33. The summed E-state index contributed by atoms with van der Waals surface area (Å²) in [5.41, 5.74) is 3.11. The monoisotopic (exact) mass is 352 g/mol. The van der Waals surface area contributed by atoms with Crippen LogP contribution in [0.1, 0.15) is 24.1 Å². The van der Waals surface area contributed by atoms with E-state index in [-0.39, 0.29) is 12.1 Å². The van der Waals surface area contributed by atoms with E-state index in [4.69, 9.17) is 9.47 Å².